The largest absolute Gasteiger partial charge is 0.480 e. The summed E-state index contributed by atoms with van der Waals surface area (Å²) in [6.07, 6.45) is 0. The molecule has 1 rings (SSSR count). The zero-order valence-corrected chi connectivity index (χ0v) is 13.0. The number of nitrogens with zero attached hydrogens (tertiary/aromatic N) is 2. The predicted molar refractivity (Wildman–Crippen MR) is 76.1 cm³/mol. The van der Waals surface area contributed by atoms with E-state index in [-0.39, 0.29) is 17.0 Å². The van der Waals surface area contributed by atoms with E-state index in [0.29, 0.717) is 6.54 Å². The number of hydrogen-bond donors (Lipinski definition) is 1. The number of hydrogen-bond acceptors (Lipinski definition) is 4. The lowest BCUT2D eigenvalue weighted by molar-refractivity contribution is -0.137. The summed E-state index contributed by atoms with van der Waals surface area (Å²) in [5.74, 6) is -1.78. The highest BCUT2D eigenvalue weighted by molar-refractivity contribution is 7.89. The van der Waals surface area contributed by atoms with Crippen molar-refractivity contribution in [3.8, 4) is 0 Å². The van der Waals surface area contributed by atoms with Crippen LogP contribution in [0.3, 0.4) is 0 Å². The molecule has 6 nitrogen and oxygen atoms in total. The van der Waals surface area contributed by atoms with Gasteiger partial charge in [-0.25, -0.2) is 12.8 Å². The van der Waals surface area contributed by atoms with Gasteiger partial charge in [-0.15, -0.1) is 0 Å². The first kappa shape index (κ1) is 17.5. The molecule has 0 aromatic heterocycles. The van der Waals surface area contributed by atoms with Crippen LogP contribution in [0.1, 0.15) is 5.56 Å². The molecule has 0 saturated carbocycles. The highest BCUT2D eigenvalue weighted by Gasteiger charge is 2.27. The Morgan fingerprint density at radius 2 is 1.90 bits per heavy atom. The zero-order chi connectivity index (χ0) is 16.2. The van der Waals surface area contributed by atoms with Crippen LogP contribution in [0, 0.1) is 12.7 Å². The van der Waals surface area contributed by atoms with E-state index < -0.39 is 28.4 Å². The second-order valence-corrected chi connectivity index (χ2v) is 6.85. The first-order valence-corrected chi connectivity index (χ1v) is 7.71. The average Bonchev–Trinajstić information content (AvgIpc) is 2.33. The molecule has 0 aliphatic carbocycles. The van der Waals surface area contributed by atoms with Crippen LogP contribution in [0.2, 0.25) is 0 Å². The molecule has 1 aromatic carbocycles. The van der Waals surface area contributed by atoms with E-state index in [1.807, 2.05) is 0 Å². The molecule has 0 atom stereocenters. The molecule has 0 unspecified atom stereocenters. The molecule has 0 aliphatic heterocycles. The number of halogens is 1. The minimum atomic E-state index is -3.98. The summed E-state index contributed by atoms with van der Waals surface area (Å²) >= 11 is 0. The van der Waals surface area contributed by atoms with Gasteiger partial charge in [0.25, 0.3) is 0 Å². The van der Waals surface area contributed by atoms with Crippen LogP contribution in [-0.4, -0.2) is 62.4 Å². The molecule has 0 radical (unpaired) electrons. The van der Waals surface area contributed by atoms with Crippen molar-refractivity contribution in [2.75, 3.05) is 33.7 Å². The molecule has 0 spiro atoms. The Balaban J connectivity index is 3.16. The Kier molecular flexibility index (Phi) is 5.82. The van der Waals surface area contributed by atoms with Crippen LogP contribution in [0.25, 0.3) is 0 Å². The maximum atomic E-state index is 13.1. The van der Waals surface area contributed by atoms with Crippen molar-refractivity contribution >= 4 is 16.0 Å². The van der Waals surface area contributed by atoms with Gasteiger partial charge < -0.3 is 10.0 Å². The minimum Gasteiger partial charge on any atom is -0.480 e. The van der Waals surface area contributed by atoms with Crippen molar-refractivity contribution in [3.05, 3.63) is 29.6 Å². The van der Waals surface area contributed by atoms with E-state index in [2.05, 4.69) is 0 Å². The molecular weight excluding hydrogens is 299 g/mol. The van der Waals surface area contributed by atoms with Crippen molar-refractivity contribution in [2.24, 2.45) is 0 Å². The Labute approximate surface area is 123 Å². The van der Waals surface area contributed by atoms with E-state index in [9.17, 15) is 17.6 Å². The van der Waals surface area contributed by atoms with E-state index in [1.165, 1.54) is 6.92 Å². The fourth-order valence-electron chi connectivity index (χ4n) is 1.79. The van der Waals surface area contributed by atoms with Crippen molar-refractivity contribution in [2.45, 2.75) is 11.8 Å². The van der Waals surface area contributed by atoms with Crippen LogP contribution >= 0.6 is 0 Å². The van der Waals surface area contributed by atoms with Gasteiger partial charge >= 0.3 is 5.97 Å². The van der Waals surface area contributed by atoms with Gasteiger partial charge in [-0.2, -0.15) is 4.31 Å². The number of likely N-dealkylation sites (N-methyl/N-ethyl adjacent to an activating group) is 1. The molecule has 0 saturated heterocycles. The molecule has 1 N–H and O–H groups in total. The van der Waals surface area contributed by atoms with E-state index in [1.54, 1.807) is 19.0 Å². The van der Waals surface area contributed by atoms with Crippen molar-refractivity contribution in [1.82, 2.24) is 9.21 Å². The molecule has 0 bridgehead atoms. The van der Waals surface area contributed by atoms with Gasteiger partial charge in [-0.3, -0.25) is 4.79 Å². The predicted octanol–water partition coefficient (Wildman–Crippen LogP) is 0.771. The van der Waals surface area contributed by atoms with Gasteiger partial charge in [0.1, 0.15) is 12.4 Å². The highest BCUT2D eigenvalue weighted by atomic mass is 32.2. The summed E-state index contributed by atoms with van der Waals surface area (Å²) in [5, 5.41) is 8.89. The number of aliphatic carboxylic acids is 1. The average molecular weight is 318 g/mol. The van der Waals surface area contributed by atoms with Crippen LogP contribution in [0.4, 0.5) is 4.39 Å². The standard InChI is InChI=1S/C13H19FN2O4S/c1-10-8-11(14)4-5-12(10)21(19,20)16(9-13(17)18)7-6-15(2)3/h4-5,8H,6-7,9H2,1-3H3,(H,17,18). The number of sulfonamides is 1. The lowest BCUT2D eigenvalue weighted by atomic mass is 10.2. The monoisotopic (exact) mass is 318 g/mol. The third kappa shape index (κ3) is 4.76. The summed E-state index contributed by atoms with van der Waals surface area (Å²) in [5.41, 5.74) is 0.246. The summed E-state index contributed by atoms with van der Waals surface area (Å²) in [4.78, 5) is 12.6. The maximum absolute atomic E-state index is 13.1. The molecular formula is C13H19FN2O4S. The first-order valence-electron chi connectivity index (χ1n) is 6.27. The number of carboxylic acids is 1. The Hall–Kier alpha value is -1.51. The molecule has 21 heavy (non-hydrogen) atoms. The Morgan fingerprint density at radius 1 is 1.29 bits per heavy atom. The quantitative estimate of drug-likeness (QED) is 0.803. The number of carboxylic acid groups (broad SMARTS) is 1. The first-order chi connectivity index (χ1) is 9.64. The Bertz CT molecular complexity index is 617. The second-order valence-electron chi connectivity index (χ2n) is 4.95. The van der Waals surface area contributed by atoms with Crippen LogP contribution in [-0.2, 0) is 14.8 Å². The van der Waals surface area contributed by atoms with E-state index >= 15 is 0 Å². The van der Waals surface area contributed by atoms with E-state index in [0.717, 1.165) is 22.5 Å². The van der Waals surface area contributed by atoms with Crippen LogP contribution in [0.15, 0.2) is 23.1 Å². The van der Waals surface area contributed by atoms with Crippen molar-refractivity contribution in [1.29, 1.82) is 0 Å². The van der Waals surface area contributed by atoms with Gasteiger partial charge in [0.05, 0.1) is 4.90 Å². The maximum Gasteiger partial charge on any atom is 0.318 e. The SMILES string of the molecule is Cc1cc(F)ccc1S(=O)(=O)N(CCN(C)C)CC(=O)O. The molecule has 1 aromatic rings. The molecule has 0 aliphatic rings. The topological polar surface area (TPSA) is 77.9 Å². The molecule has 8 heteroatoms. The molecule has 0 amide bonds. The third-order valence-electron chi connectivity index (χ3n) is 2.86. The molecule has 118 valence electrons. The van der Waals surface area contributed by atoms with E-state index in [4.69, 9.17) is 5.11 Å². The fourth-order valence-corrected chi connectivity index (χ4v) is 3.37. The normalized spacial score (nSPS) is 12.1. The van der Waals surface area contributed by atoms with Crippen LogP contribution in [0.5, 0.6) is 0 Å². The van der Waals surface area contributed by atoms with Gasteiger partial charge in [-0.05, 0) is 44.8 Å². The Morgan fingerprint density at radius 3 is 2.38 bits per heavy atom. The lowest BCUT2D eigenvalue weighted by Crippen LogP contribution is -2.40. The van der Waals surface area contributed by atoms with Gasteiger partial charge in [0, 0.05) is 13.1 Å². The molecule has 0 heterocycles. The summed E-state index contributed by atoms with van der Waals surface area (Å²) in [7, 11) is -0.463. The second kappa shape index (κ2) is 6.97. The van der Waals surface area contributed by atoms with Gasteiger partial charge in [0.15, 0.2) is 0 Å². The van der Waals surface area contributed by atoms with Crippen molar-refractivity contribution in [3.63, 3.8) is 0 Å². The number of rotatable bonds is 7. The number of carbonyl (C=O) groups is 1. The lowest BCUT2D eigenvalue weighted by Gasteiger charge is -2.23. The smallest absolute Gasteiger partial charge is 0.318 e. The zero-order valence-electron chi connectivity index (χ0n) is 12.2. The minimum absolute atomic E-state index is 0.0401. The highest BCUT2D eigenvalue weighted by Crippen LogP contribution is 2.20. The van der Waals surface area contributed by atoms with Gasteiger partial charge in [-0.1, -0.05) is 0 Å². The van der Waals surface area contributed by atoms with Crippen molar-refractivity contribution < 1.29 is 22.7 Å². The fraction of sp³-hybridized carbons (Fsp3) is 0.462. The summed E-state index contributed by atoms with van der Waals surface area (Å²) in [6.45, 7) is 1.26. The van der Waals surface area contributed by atoms with Gasteiger partial charge in [0.2, 0.25) is 10.0 Å². The van der Waals surface area contributed by atoms with Crippen LogP contribution < -0.4 is 0 Å². The summed E-state index contributed by atoms with van der Waals surface area (Å²) < 4.78 is 39.0. The number of benzene rings is 1. The molecule has 0 fully saturated rings. The number of aryl methyl sites for hydroxylation is 1. The summed E-state index contributed by atoms with van der Waals surface area (Å²) in [6, 6.07) is 3.31. The third-order valence-corrected chi connectivity index (χ3v) is 4.87.